The van der Waals surface area contributed by atoms with Gasteiger partial charge in [0.1, 0.15) is 22.7 Å². The van der Waals surface area contributed by atoms with E-state index in [0.29, 0.717) is 49.6 Å². The van der Waals surface area contributed by atoms with E-state index in [-0.39, 0.29) is 41.2 Å². The summed E-state index contributed by atoms with van der Waals surface area (Å²) in [6.07, 6.45) is 54.6. The van der Waals surface area contributed by atoms with Crippen molar-refractivity contribution in [1.29, 1.82) is 0 Å². The Kier molecular flexibility index (Phi) is 37.4. The van der Waals surface area contributed by atoms with E-state index in [1.54, 1.807) is 49.1 Å². The highest BCUT2D eigenvalue weighted by Crippen LogP contribution is 2.38. The molecule has 3 aliphatic rings. The molecule has 0 spiro atoms. The second-order valence-corrected chi connectivity index (χ2v) is 34.6. The van der Waals surface area contributed by atoms with E-state index in [4.69, 9.17) is 10.0 Å². The molecule has 125 heavy (non-hydrogen) atoms. The minimum atomic E-state index is -1.35. The van der Waals surface area contributed by atoms with Gasteiger partial charge in [0.25, 0.3) is 0 Å². The summed E-state index contributed by atoms with van der Waals surface area (Å²) in [5.41, 5.74) is 13.2. The predicted octanol–water partition coefficient (Wildman–Crippen LogP) is 20.0. The summed E-state index contributed by atoms with van der Waals surface area (Å²) >= 11 is 3.64. The molecule has 0 bridgehead atoms. The maximum Gasteiger partial charge on any atom is 0.488 e. The van der Waals surface area contributed by atoms with E-state index in [1.165, 1.54) is 107 Å². The summed E-state index contributed by atoms with van der Waals surface area (Å²) in [6.45, 7) is 11.3. The topological polar surface area (TPSA) is 266 Å². The average Bonchev–Trinajstić information content (AvgIpc) is 1.64. The molecule has 11 heterocycles. The van der Waals surface area contributed by atoms with E-state index >= 15 is 0 Å². The summed E-state index contributed by atoms with van der Waals surface area (Å²) in [5, 5.41) is 39.9. The van der Waals surface area contributed by atoms with E-state index in [9.17, 15) is 19.5 Å². The molecule has 2 aromatic carbocycles. The largest absolute Gasteiger partial charge is 0.508 e. The first-order valence-corrected chi connectivity index (χ1v) is 46.6. The van der Waals surface area contributed by atoms with Crippen LogP contribution in [0.2, 0.25) is 12.6 Å². The molecule has 3 fully saturated rings. The molecule has 0 saturated heterocycles. The zero-order chi connectivity index (χ0) is 87.2. The van der Waals surface area contributed by atoms with Gasteiger partial charge in [0.2, 0.25) is 17.7 Å². The quantitative estimate of drug-likeness (QED) is 0.0165. The molecule has 11 aromatic heterocycles. The Labute approximate surface area is 747 Å². The molecule has 16 rings (SSSR count). The van der Waals surface area contributed by atoms with Crippen LogP contribution in [0.25, 0.3) is 55.4 Å². The number of phenolic OH excluding ortho intramolecular Hbond substituents is 1. The Morgan fingerprint density at radius 2 is 0.792 bits per heavy atom. The summed E-state index contributed by atoms with van der Waals surface area (Å²) in [6, 6.07) is 52.4. The lowest BCUT2D eigenvalue weighted by Crippen LogP contribution is -2.35. The van der Waals surface area contributed by atoms with Crippen LogP contribution < -0.4 is 26.9 Å². The van der Waals surface area contributed by atoms with Gasteiger partial charge in [-0.3, -0.25) is 39.3 Å². The number of aromatic hydroxyl groups is 1. The third kappa shape index (κ3) is 28.2. The van der Waals surface area contributed by atoms with Crippen molar-refractivity contribution < 1.29 is 29.5 Å². The first-order valence-electron chi connectivity index (χ1n) is 45.8. The van der Waals surface area contributed by atoms with Crippen LogP contribution in [0, 0.1) is 42.4 Å². The maximum atomic E-state index is 13.3. The molecule has 6 N–H and O–H groups in total. The fourth-order valence-electron chi connectivity index (χ4n) is 18.3. The van der Waals surface area contributed by atoms with Crippen LogP contribution in [0.3, 0.4) is 0 Å². The van der Waals surface area contributed by atoms with Gasteiger partial charge >= 0.3 is 7.12 Å². The van der Waals surface area contributed by atoms with Gasteiger partial charge in [0.15, 0.2) is 6.71 Å². The van der Waals surface area contributed by atoms with Crippen LogP contribution in [0.1, 0.15) is 191 Å². The van der Waals surface area contributed by atoms with Gasteiger partial charge in [0.05, 0.1) is 36.7 Å². The molecule has 3 atom stereocenters. The summed E-state index contributed by atoms with van der Waals surface area (Å²) in [4.78, 5) is 74.9. The molecule has 0 aliphatic heterocycles. The molecular formula is C102H125B2BrN14O6. The number of benzene rings is 2. The van der Waals surface area contributed by atoms with Crippen LogP contribution in [-0.2, 0) is 53.7 Å². The Morgan fingerprint density at radius 1 is 0.408 bits per heavy atom. The zero-order valence-electron chi connectivity index (χ0n) is 73.2. The number of rotatable bonds is 33. The van der Waals surface area contributed by atoms with Crippen molar-refractivity contribution in [3.8, 4) is 28.0 Å². The molecule has 652 valence electrons. The number of aromatic nitrogens is 11. The fraction of sp³-hybridized carbons (Fsp3) is 0.402. The second kappa shape index (κ2) is 50.2. The highest BCUT2D eigenvalue weighted by molar-refractivity contribution is 9.10. The minimum Gasteiger partial charge on any atom is -0.508 e. The van der Waals surface area contributed by atoms with Crippen molar-refractivity contribution in [2.24, 2.45) is 35.5 Å². The number of nitrogens with zero attached hydrogens (tertiary/aromatic N) is 11. The van der Waals surface area contributed by atoms with Crippen molar-refractivity contribution in [3.05, 3.63) is 271 Å². The first kappa shape index (κ1) is 93.2. The van der Waals surface area contributed by atoms with Gasteiger partial charge in [-0.25, -0.2) is 15.0 Å². The molecule has 3 saturated carbocycles. The van der Waals surface area contributed by atoms with E-state index in [1.807, 2.05) is 153 Å². The van der Waals surface area contributed by atoms with Crippen LogP contribution in [0.5, 0.6) is 5.75 Å². The Balaban J connectivity index is 0.000000153. The molecule has 3 unspecified atom stereocenters. The average molecular weight is 1740 g/mol. The number of phenols is 1. The lowest BCUT2D eigenvalue weighted by atomic mass is 9.42. The predicted molar refractivity (Wildman–Crippen MR) is 509 cm³/mol. The summed E-state index contributed by atoms with van der Waals surface area (Å²) in [7, 11) is -1.35. The number of hydrogen-bond donors (Lipinski definition) is 6. The molecule has 20 nitrogen and oxygen atoms in total. The minimum absolute atomic E-state index is 0.0658. The number of carbonyl (C=O) groups is 3. The Morgan fingerprint density at radius 3 is 1.18 bits per heavy atom. The monoisotopic (exact) mass is 1740 g/mol. The van der Waals surface area contributed by atoms with Crippen molar-refractivity contribution in [2.75, 3.05) is 0 Å². The van der Waals surface area contributed by atoms with E-state index in [2.05, 4.69) is 148 Å². The fourth-order valence-corrected chi connectivity index (χ4v) is 18.9. The highest BCUT2D eigenvalue weighted by atomic mass is 79.9. The van der Waals surface area contributed by atoms with Crippen LogP contribution in [0.4, 0.5) is 0 Å². The molecular weight excluding hydrogens is 1620 g/mol. The third-order valence-corrected chi connectivity index (χ3v) is 25.8. The van der Waals surface area contributed by atoms with Crippen LogP contribution in [-0.4, -0.2) is 100 Å². The van der Waals surface area contributed by atoms with Gasteiger partial charge in [0, 0.05) is 155 Å². The van der Waals surface area contributed by atoms with Crippen molar-refractivity contribution >= 4 is 91.5 Å². The third-order valence-electron chi connectivity index (χ3n) is 25.2. The van der Waals surface area contributed by atoms with Crippen LogP contribution >= 0.6 is 15.9 Å². The van der Waals surface area contributed by atoms with Gasteiger partial charge in [-0.15, -0.1) is 0 Å². The van der Waals surface area contributed by atoms with E-state index < -0.39 is 7.12 Å². The molecule has 23 heteroatoms. The molecule has 3 aliphatic carbocycles. The number of aryl methyl sites for hydroxylation is 4. The Bertz CT molecular complexity index is 5320. The lowest BCUT2D eigenvalue weighted by Gasteiger charge is -2.29. The highest BCUT2D eigenvalue weighted by Gasteiger charge is 2.33. The first-order chi connectivity index (χ1) is 61.3. The smallest absolute Gasteiger partial charge is 0.488 e. The number of carbonyl (C=O) groups excluding carboxylic acids is 3. The molecule has 0 radical (unpaired) electrons. The normalized spacial score (nSPS) is 14.3. The number of unbranched alkanes of at least 4 members (excludes halogenated alkanes) is 3. The number of hydrogen-bond acceptors (Lipinski definition) is 14. The van der Waals surface area contributed by atoms with Crippen LogP contribution in [0.15, 0.2) is 249 Å². The van der Waals surface area contributed by atoms with Crippen molar-refractivity contribution in [3.63, 3.8) is 0 Å². The second-order valence-electron chi connectivity index (χ2n) is 33.8. The van der Waals surface area contributed by atoms with Crippen molar-refractivity contribution in [2.45, 2.75) is 227 Å². The van der Waals surface area contributed by atoms with Gasteiger partial charge < -0.3 is 44.8 Å². The number of fused-ring (bicyclic) bond motifs is 3. The number of amides is 3. The molecule has 13 aromatic rings. The molecule has 3 amide bonds. The van der Waals surface area contributed by atoms with Gasteiger partial charge in [-0.2, -0.15) is 0 Å². The van der Waals surface area contributed by atoms with Gasteiger partial charge in [-0.1, -0.05) is 181 Å². The van der Waals surface area contributed by atoms with Crippen molar-refractivity contribution in [1.82, 2.24) is 69.5 Å². The number of pyridine rings is 8. The number of halogens is 1. The summed E-state index contributed by atoms with van der Waals surface area (Å²) in [5.74, 6) is 2.59. The Hall–Kier alpha value is -11.0. The maximum absolute atomic E-state index is 13.3. The standard InChI is InChI=1S/C31H36N4O2.C30H35N5O.C25H31BrN4O.C9H14BN.C7H9BO2/c36-26-16-14-24(15-17-26)29-22-35(30-28(29)13-8-19-33-30)20-7-5-12-27(23-9-2-1-3-10-23)31(37)34-21-25-11-4-6-18-32-25;36-30(34-21-25-13-4-6-17-32-25)26(23-10-2-1-3-11-23)14-5-7-19-35-22-28(24-12-8-16-31-20-24)27-15-9-18-33-29(27)35;26-23-18-30(24-22(23)13-8-15-28-24)16-7-5-12-21(19-9-2-1-3-10-19)25(31)29-17-20-11-4-6-14-27-20;1-3-10(4-2)9-6-5-7-11-8-9;1-6-2-4-7(5-3-6)8(9)10/h4,6,8,11,13-19,22-23,27,36H,1-3,5,7,9-10,12,20-21H2,(H,34,37);4,6,8-9,12-13,15-18,20,22-23,26H,1-3,5,7,10-11,14,19,21H2,(H,34,36);4,6,8,11,13-15,18-19,21H,1-3,5,7,9-10,12,16-17H2,(H,29,31);5-8H,3-4H2,1-2H3;2-5,9-10H,1H3. The lowest BCUT2D eigenvalue weighted by molar-refractivity contribution is -0.128. The van der Waals surface area contributed by atoms with E-state index in [0.717, 1.165) is 167 Å². The van der Waals surface area contributed by atoms with Gasteiger partial charge in [-0.05, 0) is 226 Å². The SMILES string of the molecule is CCB(CC)c1cccnc1.Cc1ccc(B(O)O)cc1.O=C(NCc1ccccn1)C(CCCCn1cc(-c2ccc(O)cc2)c2cccnc21)C1CCCCC1.O=C(NCc1ccccn1)C(CCCCn1cc(-c2cccnc2)c2cccnc21)C1CCCCC1.O=C(NCc1ccccn1)C(CCCCn1cc(Br)c2cccnc21)C1CCCCC1. The number of nitrogens with one attached hydrogen (secondary N) is 3. The summed E-state index contributed by atoms with van der Waals surface area (Å²) < 4.78 is 7.79. The zero-order valence-corrected chi connectivity index (χ0v) is 74.8.